The van der Waals surface area contributed by atoms with E-state index in [1.54, 1.807) is 0 Å². The fourth-order valence-electron chi connectivity index (χ4n) is 6.18. The number of hydrogen-bond acceptors (Lipinski definition) is 3. The Morgan fingerprint density at radius 1 is 1.19 bits per heavy atom. The molecule has 4 rings (SSSR count). The van der Waals surface area contributed by atoms with E-state index in [1.807, 2.05) is 0 Å². The Morgan fingerprint density at radius 3 is 2.47 bits per heavy atom. The van der Waals surface area contributed by atoms with E-state index in [2.05, 4.69) is 83.0 Å². The number of carbonyl (C=O) groups is 1. The molecule has 3 atom stereocenters. The smallest absolute Gasteiger partial charge is 0.243 e. The fraction of sp³-hybridized carbons (Fsp3) is 0.667. The average molecular weight is 440 g/mol. The summed E-state index contributed by atoms with van der Waals surface area (Å²) in [6.07, 6.45) is 5.04. The molecule has 1 amide bonds. The molecule has 1 aromatic heterocycles. The Hall–Kier alpha value is -2.01. The Kier molecular flexibility index (Phi) is 5.64. The molecule has 5 nitrogen and oxygen atoms in total. The summed E-state index contributed by atoms with van der Waals surface area (Å²) in [5, 5.41) is 14.3. The van der Waals surface area contributed by atoms with Crippen molar-refractivity contribution in [2.24, 2.45) is 11.8 Å². The first-order chi connectivity index (χ1) is 14.9. The summed E-state index contributed by atoms with van der Waals surface area (Å²) in [5.41, 5.74) is 6.52. The molecule has 0 unspecified atom stereocenters. The van der Waals surface area contributed by atoms with Crippen LogP contribution in [-0.4, -0.2) is 41.7 Å². The van der Waals surface area contributed by atoms with Gasteiger partial charge in [0.2, 0.25) is 5.91 Å². The second-order valence-electron chi connectivity index (χ2n) is 11.7. The number of benzene rings is 1. The molecule has 1 aliphatic heterocycles. The minimum absolute atomic E-state index is 0.00601. The number of nitrogens with one attached hydrogen (secondary N) is 2. The molecular weight excluding hydrogens is 398 g/mol. The van der Waals surface area contributed by atoms with Crippen molar-refractivity contribution in [3.05, 3.63) is 29.0 Å². The molecule has 1 aromatic carbocycles. The van der Waals surface area contributed by atoms with Crippen LogP contribution < -0.4 is 10.2 Å². The van der Waals surface area contributed by atoms with E-state index >= 15 is 0 Å². The molecule has 0 bridgehead atoms. The number of nitrogens with zero attached hydrogens (tertiary/aromatic N) is 1. The lowest BCUT2D eigenvalue weighted by Crippen LogP contribution is -2.52. The highest BCUT2D eigenvalue weighted by Gasteiger charge is 2.44. The van der Waals surface area contributed by atoms with Crippen LogP contribution in [0.1, 0.15) is 78.0 Å². The predicted molar refractivity (Wildman–Crippen MR) is 132 cm³/mol. The maximum Gasteiger partial charge on any atom is 0.243 e. The Labute approximate surface area is 193 Å². The zero-order chi connectivity index (χ0) is 23.6. The summed E-state index contributed by atoms with van der Waals surface area (Å²) in [7, 11) is 2.06. The Bertz CT molecular complexity index is 1040. The zero-order valence-corrected chi connectivity index (χ0v) is 21.1. The maximum atomic E-state index is 13.3. The number of aromatic nitrogens is 1. The van der Waals surface area contributed by atoms with Gasteiger partial charge in [-0.3, -0.25) is 4.79 Å². The number of rotatable bonds is 3. The third-order valence-electron chi connectivity index (χ3n) is 8.58. The molecule has 0 spiro atoms. The molecular formula is C27H41N3O2. The van der Waals surface area contributed by atoms with Gasteiger partial charge in [0.15, 0.2) is 0 Å². The second kappa shape index (κ2) is 7.79. The van der Waals surface area contributed by atoms with Crippen LogP contribution in [-0.2, 0) is 22.0 Å². The molecule has 0 saturated heterocycles. The lowest BCUT2D eigenvalue weighted by atomic mass is 9.58. The zero-order valence-electron chi connectivity index (χ0n) is 21.1. The lowest BCUT2D eigenvalue weighted by Gasteiger charge is -2.47. The topological polar surface area (TPSA) is 68.4 Å². The molecule has 0 radical (unpaired) electrons. The van der Waals surface area contributed by atoms with Crippen LogP contribution >= 0.6 is 0 Å². The molecule has 0 fully saturated rings. The van der Waals surface area contributed by atoms with Gasteiger partial charge in [-0.25, -0.2) is 0 Å². The molecule has 0 saturated carbocycles. The highest BCUT2D eigenvalue weighted by molar-refractivity contribution is 6.01. The molecule has 2 aliphatic rings. The van der Waals surface area contributed by atoms with Gasteiger partial charge in [-0.1, -0.05) is 48.5 Å². The first kappa shape index (κ1) is 23.2. The molecule has 5 heteroatoms. The quantitative estimate of drug-likeness (QED) is 0.652. The van der Waals surface area contributed by atoms with E-state index in [4.69, 9.17) is 0 Å². The number of likely N-dealkylation sites (N-methyl/N-ethyl adjacent to an activating group) is 1. The van der Waals surface area contributed by atoms with Crippen molar-refractivity contribution in [3.8, 4) is 0 Å². The van der Waals surface area contributed by atoms with Gasteiger partial charge in [0, 0.05) is 24.3 Å². The van der Waals surface area contributed by atoms with Crippen molar-refractivity contribution in [2.45, 2.75) is 90.6 Å². The van der Waals surface area contributed by atoms with Crippen molar-refractivity contribution in [2.75, 3.05) is 18.6 Å². The molecule has 32 heavy (non-hydrogen) atoms. The van der Waals surface area contributed by atoms with Gasteiger partial charge >= 0.3 is 0 Å². The van der Waals surface area contributed by atoms with Gasteiger partial charge in [-0.2, -0.15) is 0 Å². The molecule has 1 aliphatic carbocycles. The van der Waals surface area contributed by atoms with Crippen molar-refractivity contribution in [3.63, 3.8) is 0 Å². The van der Waals surface area contributed by atoms with Gasteiger partial charge in [-0.15, -0.1) is 0 Å². The summed E-state index contributed by atoms with van der Waals surface area (Å²) in [6.45, 7) is 15.9. The minimum Gasteiger partial charge on any atom is -0.394 e. The van der Waals surface area contributed by atoms with E-state index in [0.29, 0.717) is 12.3 Å². The van der Waals surface area contributed by atoms with Crippen LogP contribution in [0, 0.1) is 11.8 Å². The van der Waals surface area contributed by atoms with Crippen LogP contribution in [0.5, 0.6) is 0 Å². The van der Waals surface area contributed by atoms with E-state index in [1.165, 1.54) is 27.6 Å². The van der Waals surface area contributed by atoms with Gasteiger partial charge in [0.1, 0.15) is 6.04 Å². The van der Waals surface area contributed by atoms with Crippen LogP contribution in [0.25, 0.3) is 10.9 Å². The summed E-state index contributed by atoms with van der Waals surface area (Å²) in [6, 6.07) is 1.82. The van der Waals surface area contributed by atoms with Crippen molar-refractivity contribution < 1.29 is 9.90 Å². The number of hydrogen-bond donors (Lipinski definition) is 3. The number of aliphatic hydroxyl groups excluding tert-OH is 1. The monoisotopic (exact) mass is 439 g/mol. The van der Waals surface area contributed by atoms with E-state index in [0.717, 1.165) is 18.5 Å². The highest BCUT2D eigenvalue weighted by Crippen LogP contribution is 2.53. The predicted octanol–water partition coefficient (Wildman–Crippen LogP) is 4.65. The van der Waals surface area contributed by atoms with Crippen molar-refractivity contribution in [1.82, 2.24) is 10.3 Å². The first-order valence-electron chi connectivity index (χ1n) is 12.2. The number of carbonyl (C=O) groups excluding carboxylic acids is 1. The largest absolute Gasteiger partial charge is 0.394 e. The second-order valence-corrected chi connectivity index (χ2v) is 11.7. The maximum absolute atomic E-state index is 13.3. The van der Waals surface area contributed by atoms with Crippen LogP contribution in [0.4, 0.5) is 5.69 Å². The molecule has 2 aromatic rings. The summed E-state index contributed by atoms with van der Waals surface area (Å²) >= 11 is 0. The van der Waals surface area contributed by atoms with Crippen molar-refractivity contribution >= 4 is 22.5 Å². The highest BCUT2D eigenvalue weighted by atomic mass is 16.3. The van der Waals surface area contributed by atoms with Gasteiger partial charge in [-0.05, 0) is 64.7 Å². The minimum atomic E-state index is -0.298. The normalized spacial score (nSPS) is 27.8. The summed E-state index contributed by atoms with van der Waals surface area (Å²) in [5.74, 6) is 0.647. The number of anilines is 1. The number of amides is 1. The number of H-pyrrole nitrogens is 1. The summed E-state index contributed by atoms with van der Waals surface area (Å²) in [4.78, 5) is 19.1. The number of aromatic amines is 1. The van der Waals surface area contributed by atoms with Crippen molar-refractivity contribution in [1.29, 1.82) is 0 Å². The van der Waals surface area contributed by atoms with Gasteiger partial charge < -0.3 is 20.3 Å². The lowest BCUT2D eigenvalue weighted by molar-refractivity contribution is -0.124. The van der Waals surface area contributed by atoms with Crippen LogP contribution in [0.2, 0.25) is 0 Å². The molecule has 176 valence electrons. The van der Waals surface area contributed by atoms with Gasteiger partial charge in [0.25, 0.3) is 0 Å². The SMILES string of the molecule is CC(C)[C@H]1C(=O)N[C@H](CO)Cc2c[nH]c3c4c(cc(c23)N1C)[C@](C)(C(C)C)CCC4(C)C. The van der Waals surface area contributed by atoms with Gasteiger partial charge in [0.05, 0.1) is 18.2 Å². The summed E-state index contributed by atoms with van der Waals surface area (Å²) < 4.78 is 0. The standard InChI is InChI=1S/C27H41N3O2/c1-15(2)24-25(32)29-18(14-31)11-17-13-28-23-21(17)20(30(24)8)12-19-22(23)26(5,6)9-10-27(19,7)16(3)4/h12-13,15-16,18,24,28,31H,9-11,14H2,1-8H3,(H,29,32)/t18-,24-,27-/m0/s1. The van der Waals surface area contributed by atoms with E-state index in [9.17, 15) is 9.90 Å². The van der Waals surface area contributed by atoms with E-state index in [-0.39, 0.29) is 41.3 Å². The Morgan fingerprint density at radius 2 is 1.88 bits per heavy atom. The van der Waals surface area contributed by atoms with Crippen LogP contribution in [0.3, 0.4) is 0 Å². The molecule has 2 heterocycles. The third kappa shape index (κ3) is 3.35. The fourth-order valence-corrected chi connectivity index (χ4v) is 6.18. The van der Waals surface area contributed by atoms with E-state index < -0.39 is 0 Å². The Balaban J connectivity index is 2.09. The average Bonchev–Trinajstić information content (AvgIpc) is 3.13. The molecule has 3 N–H and O–H groups in total. The number of fused-ring (bicyclic) bond motifs is 2. The number of aliphatic hydroxyl groups is 1. The first-order valence-corrected chi connectivity index (χ1v) is 12.2. The third-order valence-corrected chi connectivity index (χ3v) is 8.58. The van der Waals surface area contributed by atoms with Crippen LogP contribution in [0.15, 0.2) is 12.3 Å².